The van der Waals surface area contributed by atoms with Crippen LogP contribution in [-0.4, -0.2) is 19.0 Å². The maximum atomic E-state index is 6.02. The van der Waals surface area contributed by atoms with E-state index < -0.39 is 0 Å². The molecule has 0 fully saturated rings. The SMILES string of the molecule is CCCCCCCCC(C)(OCCCC)OCCCC. The Labute approximate surface area is 127 Å². The lowest BCUT2D eigenvalue weighted by Crippen LogP contribution is -2.33. The van der Waals surface area contributed by atoms with Crippen LogP contribution < -0.4 is 0 Å². The summed E-state index contributed by atoms with van der Waals surface area (Å²) >= 11 is 0. The molecule has 0 unspecified atom stereocenters. The molecule has 0 amide bonds. The average Bonchev–Trinajstić information content (AvgIpc) is 2.43. The number of unbranched alkanes of at least 4 members (excludes halogenated alkanes) is 7. The van der Waals surface area contributed by atoms with Crippen LogP contribution in [0.5, 0.6) is 0 Å². The predicted octanol–water partition coefficient (Wildman–Crippen LogP) is 6.09. The Balaban J connectivity index is 3.89. The largest absolute Gasteiger partial charge is 0.350 e. The quantitative estimate of drug-likeness (QED) is 0.268. The van der Waals surface area contributed by atoms with Crippen molar-refractivity contribution in [1.29, 1.82) is 0 Å². The van der Waals surface area contributed by atoms with Crippen molar-refractivity contribution in [3.05, 3.63) is 0 Å². The molecule has 0 radical (unpaired) electrons. The lowest BCUT2D eigenvalue weighted by atomic mass is 10.1. The standard InChI is InChI=1S/C18H38O2/c1-5-8-11-12-13-14-15-18(4,19-16-9-6-2)20-17-10-7-3/h5-17H2,1-4H3. The van der Waals surface area contributed by atoms with Gasteiger partial charge in [0.2, 0.25) is 0 Å². The minimum absolute atomic E-state index is 0.352. The summed E-state index contributed by atoms with van der Waals surface area (Å²) in [6.07, 6.45) is 13.6. The van der Waals surface area contributed by atoms with Crippen molar-refractivity contribution < 1.29 is 9.47 Å². The van der Waals surface area contributed by atoms with Crippen molar-refractivity contribution in [1.82, 2.24) is 0 Å². The van der Waals surface area contributed by atoms with Gasteiger partial charge in [0, 0.05) is 19.6 Å². The first-order chi connectivity index (χ1) is 9.68. The zero-order chi connectivity index (χ0) is 15.1. The van der Waals surface area contributed by atoms with Crippen LogP contribution in [0, 0.1) is 0 Å². The Morgan fingerprint density at radius 2 is 1.05 bits per heavy atom. The first-order valence-electron chi connectivity index (χ1n) is 8.96. The van der Waals surface area contributed by atoms with Gasteiger partial charge in [0.25, 0.3) is 0 Å². The summed E-state index contributed by atoms with van der Waals surface area (Å²) in [5.41, 5.74) is 0. The molecule has 0 aromatic carbocycles. The van der Waals surface area contributed by atoms with Gasteiger partial charge in [-0.25, -0.2) is 0 Å². The van der Waals surface area contributed by atoms with E-state index in [9.17, 15) is 0 Å². The van der Waals surface area contributed by atoms with Crippen LogP contribution in [-0.2, 0) is 9.47 Å². The van der Waals surface area contributed by atoms with Gasteiger partial charge in [-0.05, 0) is 26.2 Å². The molecular weight excluding hydrogens is 248 g/mol. The molecule has 20 heavy (non-hydrogen) atoms. The first kappa shape index (κ1) is 19.9. The molecule has 0 heterocycles. The Hall–Kier alpha value is -0.0800. The van der Waals surface area contributed by atoms with Gasteiger partial charge in [0.05, 0.1) is 0 Å². The number of hydrogen-bond acceptors (Lipinski definition) is 2. The molecule has 2 heteroatoms. The van der Waals surface area contributed by atoms with Gasteiger partial charge in [-0.3, -0.25) is 0 Å². The maximum Gasteiger partial charge on any atom is 0.165 e. The Kier molecular flexibility index (Phi) is 13.8. The summed E-state index contributed by atoms with van der Waals surface area (Å²) in [6.45, 7) is 10.5. The van der Waals surface area contributed by atoms with Crippen molar-refractivity contribution in [2.75, 3.05) is 13.2 Å². The zero-order valence-electron chi connectivity index (χ0n) is 14.5. The summed E-state index contributed by atoms with van der Waals surface area (Å²) in [6, 6.07) is 0. The average molecular weight is 286 g/mol. The van der Waals surface area contributed by atoms with Crippen LogP contribution >= 0.6 is 0 Å². The molecule has 0 atom stereocenters. The molecule has 0 rings (SSSR count). The van der Waals surface area contributed by atoms with E-state index in [-0.39, 0.29) is 5.79 Å². The highest BCUT2D eigenvalue weighted by Crippen LogP contribution is 2.22. The van der Waals surface area contributed by atoms with Gasteiger partial charge in [-0.1, -0.05) is 65.7 Å². The first-order valence-corrected chi connectivity index (χ1v) is 8.96. The molecule has 0 N–H and O–H groups in total. The number of hydrogen-bond donors (Lipinski definition) is 0. The second kappa shape index (κ2) is 13.9. The smallest absolute Gasteiger partial charge is 0.165 e. The Morgan fingerprint density at radius 1 is 0.600 bits per heavy atom. The highest BCUT2D eigenvalue weighted by Gasteiger charge is 2.24. The maximum absolute atomic E-state index is 6.02. The minimum atomic E-state index is -0.352. The molecular formula is C18H38O2. The zero-order valence-corrected chi connectivity index (χ0v) is 14.5. The van der Waals surface area contributed by atoms with Gasteiger partial charge in [-0.15, -0.1) is 0 Å². The molecule has 0 aromatic rings. The van der Waals surface area contributed by atoms with Gasteiger partial charge < -0.3 is 9.47 Å². The van der Waals surface area contributed by atoms with Crippen LogP contribution in [0.1, 0.15) is 98.3 Å². The van der Waals surface area contributed by atoms with Crippen molar-refractivity contribution in [2.45, 2.75) is 104 Å². The predicted molar refractivity (Wildman–Crippen MR) is 88.1 cm³/mol. The van der Waals surface area contributed by atoms with Crippen molar-refractivity contribution >= 4 is 0 Å². The second-order valence-corrected chi connectivity index (χ2v) is 6.06. The normalized spacial score (nSPS) is 12.0. The van der Waals surface area contributed by atoms with Crippen molar-refractivity contribution in [2.24, 2.45) is 0 Å². The fraction of sp³-hybridized carbons (Fsp3) is 1.00. The third-order valence-electron chi connectivity index (χ3n) is 3.80. The molecule has 0 aliphatic heterocycles. The lowest BCUT2D eigenvalue weighted by molar-refractivity contribution is -0.230. The highest BCUT2D eigenvalue weighted by atomic mass is 16.7. The summed E-state index contributed by atoms with van der Waals surface area (Å²) in [5, 5.41) is 0. The molecule has 0 aliphatic carbocycles. The van der Waals surface area contributed by atoms with E-state index in [0.29, 0.717) is 0 Å². The Bertz CT molecular complexity index is 182. The highest BCUT2D eigenvalue weighted by molar-refractivity contribution is 4.64. The van der Waals surface area contributed by atoms with E-state index in [1.165, 1.54) is 51.4 Å². The van der Waals surface area contributed by atoms with Gasteiger partial charge in [-0.2, -0.15) is 0 Å². The fourth-order valence-electron chi connectivity index (χ4n) is 2.28. The van der Waals surface area contributed by atoms with E-state index >= 15 is 0 Å². The lowest BCUT2D eigenvalue weighted by Gasteiger charge is -2.30. The van der Waals surface area contributed by atoms with E-state index in [4.69, 9.17) is 9.47 Å². The second-order valence-electron chi connectivity index (χ2n) is 6.06. The van der Waals surface area contributed by atoms with E-state index in [1.54, 1.807) is 0 Å². The molecule has 2 nitrogen and oxygen atoms in total. The molecule has 0 aliphatic rings. The fourth-order valence-corrected chi connectivity index (χ4v) is 2.28. The summed E-state index contributed by atoms with van der Waals surface area (Å²) in [7, 11) is 0. The van der Waals surface area contributed by atoms with Gasteiger partial charge in [0.1, 0.15) is 0 Å². The van der Waals surface area contributed by atoms with E-state index in [1.807, 2.05) is 0 Å². The van der Waals surface area contributed by atoms with Crippen LogP contribution in [0.4, 0.5) is 0 Å². The van der Waals surface area contributed by atoms with Crippen LogP contribution in [0.2, 0.25) is 0 Å². The van der Waals surface area contributed by atoms with E-state index in [0.717, 1.165) is 32.5 Å². The summed E-state index contributed by atoms with van der Waals surface area (Å²) < 4.78 is 12.0. The molecule has 0 saturated carbocycles. The summed E-state index contributed by atoms with van der Waals surface area (Å²) in [4.78, 5) is 0. The third-order valence-corrected chi connectivity index (χ3v) is 3.80. The molecule has 0 aromatic heterocycles. The monoisotopic (exact) mass is 286 g/mol. The van der Waals surface area contributed by atoms with Crippen LogP contribution in [0.25, 0.3) is 0 Å². The van der Waals surface area contributed by atoms with Crippen LogP contribution in [0.15, 0.2) is 0 Å². The summed E-state index contributed by atoms with van der Waals surface area (Å²) in [5.74, 6) is -0.352. The van der Waals surface area contributed by atoms with Crippen molar-refractivity contribution in [3.63, 3.8) is 0 Å². The molecule has 0 spiro atoms. The Morgan fingerprint density at radius 3 is 1.55 bits per heavy atom. The van der Waals surface area contributed by atoms with Gasteiger partial charge in [0.15, 0.2) is 5.79 Å². The molecule has 122 valence electrons. The van der Waals surface area contributed by atoms with Gasteiger partial charge >= 0.3 is 0 Å². The van der Waals surface area contributed by atoms with E-state index in [2.05, 4.69) is 27.7 Å². The molecule has 0 saturated heterocycles. The third kappa shape index (κ3) is 11.7. The number of rotatable bonds is 15. The van der Waals surface area contributed by atoms with Crippen molar-refractivity contribution in [3.8, 4) is 0 Å². The number of ether oxygens (including phenoxy) is 2. The molecule has 0 bridgehead atoms. The minimum Gasteiger partial charge on any atom is -0.350 e. The topological polar surface area (TPSA) is 18.5 Å². The van der Waals surface area contributed by atoms with Crippen LogP contribution in [0.3, 0.4) is 0 Å².